The van der Waals surface area contributed by atoms with Gasteiger partial charge in [-0.15, -0.1) is 0 Å². The molecule has 0 heterocycles. The molecule has 94 valence electrons. The molecule has 0 radical (unpaired) electrons. The van der Waals surface area contributed by atoms with Crippen molar-refractivity contribution < 1.29 is 9.53 Å². The van der Waals surface area contributed by atoms with Crippen molar-refractivity contribution in [2.75, 3.05) is 26.7 Å². The number of benzene rings is 1. The Morgan fingerprint density at radius 3 is 2.65 bits per heavy atom. The third kappa shape index (κ3) is 6.14. The number of rotatable bonds is 7. The van der Waals surface area contributed by atoms with Gasteiger partial charge in [-0.3, -0.25) is 9.69 Å². The van der Waals surface area contributed by atoms with Crippen LogP contribution < -0.4 is 10.5 Å². The van der Waals surface area contributed by atoms with Gasteiger partial charge in [-0.2, -0.15) is 0 Å². The Balaban J connectivity index is 2.15. The maximum Gasteiger partial charge on any atom is 0.231 e. The fourth-order valence-electron chi connectivity index (χ4n) is 1.40. The van der Waals surface area contributed by atoms with E-state index in [4.69, 9.17) is 22.1 Å². The molecule has 1 rings (SSSR count). The zero-order chi connectivity index (χ0) is 12.7. The number of likely N-dealkylation sites (N-methyl/N-ethyl adjacent to an activating group) is 1. The summed E-state index contributed by atoms with van der Waals surface area (Å²) in [7, 11) is 1.85. The van der Waals surface area contributed by atoms with Crippen LogP contribution in [-0.2, 0) is 4.79 Å². The highest BCUT2D eigenvalue weighted by Crippen LogP contribution is 2.15. The van der Waals surface area contributed by atoms with Crippen molar-refractivity contribution in [2.24, 2.45) is 5.73 Å². The SMILES string of the molecule is CN(CCCOc1ccc(Cl)cc1)CC(N)=O. The monoisotopic (exact) mass is 256 g/mol. The van der Waals surface area contributed by atoms with Crippen molar-refractivity contribution >= 4 is 17.5 Å². The molecule has 0 fully saturated rings. The van der Waals surface area contributed by atoms with Crippen molar-refractivity contribution in [1.82, 2.24) is 4.90 Å². The van der Waals surface area contributed by atoms with Crippen LogP contribution in [0.1, 0.15) is 6.42 Å². The number of nitrogens with two attached hydrogens (primary N) is 1. The molecule has 1 amide bonds. The van der Waals surface area contributed by atoms with Gasteiger partial charge in [0.2, 0.25) is 5.91 Å². The van der Waals surface area contributed by atoms with Crippen LogP contribution in [0.2, 0.25) is 5.02 Å². The van der Waals surface area contributed by atoms with Gasteiger partial charge in [-0.1, -0.05) is 11.6 Å². The lowest BCUT2D eigenvalue weighted by Crippen LogP contribution is -2.31. The normalized spacial score (nSPS) is 10.5. The van der Waals surface area contributed by atoms with E-state index >= 15 is 0 Å². The van der Waals surface area contributed by atoms with Gasteiger partial charge >= 0.3 is 0 Å². The molecule has 0 unspecified atom stereocenters. The summed E-state index contributed by atoms with van der Waals surface area (Å²) >= 11 is 5.76. The van der Waals surface area contributed by atoms with Crippen LogP contribution in [0, 0.1) is 0 Å². The molecule has 4 nitrogen and oxygen atoms in total. The minimum Gasteiger partial charge on any atom is -0.494 e. The average Bonchev–Trinajstić information content (AvgIpc) is 2.26. The Hall–Kier alpha value is -1.26. The second-order valence-electron chi connectivity index (χ2n) is 3.86. The Morgan fingerprint density at radius 1 is 1.41 bits per heavy atom. The molecule has 0 aromatic heterocycles. The summed E-state index contributed by atoms with van der Waals surface area (Å²) < 4.78 is 5.51. The fraction of sp³-hybridized carbons (Fsp3) is 0.417. The van der Waals surface area contributed by atoms with Gasteiger partial charge in [-0.05, 0) is 37.7 Å². The quantitative estimate of drug-likeness (QED) is 0.753. The van der Waals surface area contributed by atoms with Crippen LogP contribution in [-0.4, -0.2) is 37.6 Å². The van der Waals surface area contributed by atoms with E-state index in [1.54, 1.807) is 12.1 Å². The number of halogens is 1. The topological polar surface area (TPSA) is 55.6 Å². The first-order chi connectivity index (χ1) is 8.08. The predicted molar refractivity (Wildman–Crippen MR) is 68.3 cm³/mol. The maximum atomic E-state index is 10.6. The summed E-state index contributed by atoms with van der Waals surface area (Å²) in [5, 5.41) is 0.693. The van der Waals surface area contributed by atoms with Crippen molar-refractivity contribution in [1.29, 1.82) is 0 Å². The summed E-state index contributed by atoms with van der Waals surface area (Å²) in [6.45, 7) is 1.65. The highest BCUT2D eigenvalue weighted by molar-refractivity contribution is 6.30. The third-order valence-corrected chi connectivity index (χ3v) is 2.44. The molecule has 1 aromatic carbocycles. The lowest BCUT2D eigenvalue weighted by atomic mass is 10.3. The van der Waals surface area contributed by atoms with Crippen LogP contribution >= 0.6 is 11.6 Å². The van der Waals surface area contributed by atoms with Gasteiger partial charge in [0.15, 0.2) is 0 Å². The Kier molecular flexibility index (Phi) is 5.80. The van der Waals surface area contributed by atoms with Crippen molar-refractivity contribution in [2.45, 2.75) is 6.42 Å². The zero-order valence-corrected chi connectivity index (χ0v) is 10.6. The van der Waals surface area contributed by atoms with Crippen molar-refractivity contribution in [3.8, 4) is 5.75 Å². The fourth-order valence-corrected chi connectivity index (χ4v) is 1.53. The summed E-state index contributed by atoms with van der Waals surface area (Å²) in [6, 6.07) is 7.23. The number of ether oxygens (including phenoxy) is 1. The Labute approximate surface area is 106 Å². The number of carbonyl (C=O) groups excluding carboxylic acids is 1. The number of primary amides is 1. The summed E-state index contributed by atoms with van der Waals surface area (Å²) in [4.78, 5) is 12.5. The van der Waals surface area contributed by atoms with Gasteiger partial charge in [0.05, 0.1) is 13.2 Å². The van der Waals surface area contributed by atoms with E-state index in [2.05, 4.69) is 0 Å². The van der Waals surface area contributed by atoms with Gasteiger partial charge < -0.3 is 10.5 Å². The molecule has 0 atom stereocenters. The number of carbonyl (C=O) groups is 1. The van der Waals surface area contributed by atoms with Gasteiger partial charge in [-0.25, -0.2) is 0 Å². The van der Waals surface area contributed by atoms with Crippen LogP contribution in [0.5, 0.6) is 5.75 Å². The molecule has 0 saturated heterocycles. The first kappa shape index (κ1) is 13.8. The first-order valence-electron chi connectivity index (χ1n) is 5.43. The lowest BCUT2D eigenvalue weighted by molar-refractivity contribution is -0.118. The molecule has 5 heteroatoms. The Morgan fingerprint density at radius 2 is 2.06 bits per heavy atom. The summed E-state index contributed by atoms with van der Waals surface area (Å²) in [6.07, 6.45) is 0.840. The molecule has 17 heavy (non-hydrogen) atoms. The molecule has 0 spiro atoms. The Bertz CT molecular complexity index is 354. The van der Waals surface area contributed by atoms with Crippen molar-refractivity contribution in [3.05, 3.63) is 29.3 Å². The largest absolute Gasteiger partial charge is 0.494 e. The minimum atomic E-state index is -0.314. The molecular weight excluding hydrogens is 240 g/mol. The molecule has 0 aliphatic rings. The predicted octanol–water partition coefficient (Wildman–Crippen LogP) is 1.53. The number of nitrogens with zero attached hydrogens (tertiary/aromatic N) is 1. The van der Waals surface area contributed by atoms with Crippen LogP contribution in [0.25, 0.3) is 0 Å². The van der Waals surface area contributed by atoms with Gasteiger partial charge in [0, 0.05) is 11.6 Å². The average molecular weight is 257 g/mol. The standard InChI is InChI=1S/C12H17ClN2O2/c1-15(9-12(14)16)7-2-8-17-11-5-3-10(13)4-6-11/h3-6H,2,7-9H2,1H3,(H2,14,16). The lowest BCUT2D eigenvalue weighted by Gasteiger charge is -2.14. The van der Waals surface area contributed by atoms with E-state index in [1.807, 2.05) is 24.1 Å². The summed E-state index contributed by atoms with van der Waals surface area (Å²) in [5.41, 5.74) is 5.08. The van der Waals surface area contributed by atoms with E-state index in [-0.39, 0.29) is 12.5 Å². The van der Waals surface area contributed by atoms with Crippen LogP contribution in [0.15, 0.2) is 24.3 Å². The molecule has 0 aliphatic heterocycles. The van der Waals surface area contributed by atoms with Crippen LogP contribution in [0.4, 0.5) is 0 Å². The van der Waals surface area contributed by atoms with Crippen LogP contribution in [0.3, 0.4) is 0 Å². The smallest absolute Gasteiger partial charge is 0.231 e. The molecule has 0 aliphatic carbocycles. The number of hydrogen-bond acceptors (Lipinski definition) is 3. The second-order valence-corrected chi connectivity index (χ2v) is 4.30. The van der Waals surface area contributed by atoms with E-state index in [1.165, 1.54) is 0 Å². The highest BCUT2D eigenvalue weighted by atomic mass is 35.5. The third-order valence-electron chi connectivity index (χ3n) is 2.19. The van der Waals surface area contributed by atoms with Crippen molar-refractivity contribution in [3.63, 3.8) is 0 Å². The molecule has 0 saturated carbocycles. The zero-order valence-electron chi connectivity index (χ0n) is 9.86. The number of hydrogen-bond donors (Lipinski definition) is 1. The van der Waals surface area contributed by atoms with E-state index < -0.39 is 0 Å². The molecule has 2 N–H and O–H groups in total. The second kappa shape index (κ2) is 7.14. The van der Waals surface area contributed by atoms with E-state index in [0.29, 0.717) is 11.6 Å². The van der Waals surface area contributed by atoms with E-state index in [0.717, 1.165) is 18.7 Å². The van der Waals surface area contributed by atoms with E-state index in [9.17, 15) is 4.79 Å². The van der Waals surface area contributed by atoms with Gasteiger partial charge in [0.1, 0.15) is 5.75 Å². The first-order valence-corrected chi connectivity index (χ1v) is 5.81. The molecule has 1 aromatic rings. The minimum absolute atomic E-state index is 0.279. The highest BCUT2D eigenvalue weighted by Gasteiger charge is 2.02. The maximum absolute atomic E-state index is 10.6. The van der Waals surface area contributed by atoms with Gasteiger partial charge in [0.25, 0.3) is 0 Å². The molecule has 0 bridgehead atoms. The molecular formula is C12H17ClN2O2. The number of amides is 1. The summed E-state index contributed by atoms with van der Waals surface area (Å²) in [5.74, 6) is 0.484.